The van der Waals surface area contributed by atoms with Crippen molar-refractivity contribution >= 4 is 40.9 Å². The fourth-order valence-corrected chi connectivity index (χ4v) is 2.45. The molecular formula is C12H16Cl2N2OS. The van der Waals surface area contributed by atoms with Crippen molar-refractivity contribution in [1.82, 2.24) is 5.32 Å². The van der Waals surface area contributed by atoms with Crippen LogP contribution in [0.2, 0.25) is 10.0 Å². The second-order valence-electron chi connectivity index (χ2n) is 4.64. The zero-order valence-electron chi connectivity index (χ0n) is 10.5. The van der Waals surface area contributed by atoms with Crippen LogP contribution < -0.4 is 11.1 Å². The number of hydrogen-bond acceptors (Lipinski definition) is 3. The molecule has 1 aromatic rings. The third-order valence-electron chi connectivity index (χ3n) is 2.19. The van der Waals surface area contributed by atoms with Gasteiger partial charge in [0.1, 0.15) is 0 Å². The van der Waals surface area contributed by atoms with E-state index in [-0.39, 0.29) is 5.91 Å². The van der Waals surface area contributed by atoms with Crippen LogP contribution in [0, 0.1) is 0 Å². The fourth-order valence-electron chi connectivity index (χ4n) is 1.26. The van der Waals surface area contributed by atoms with Gasteiger partial charge in [-0.3, -0.25) is 4.79 Å². The number of nitrogens with two attached hydrogens (primary N) is 1. The van der Waals surface area contributed by atoms with Crippen LogP contribution >= 0.6 is 35.0 Å². The van der Waals surface area contributed by atoms with Crippen LogP contribution in [0.3, 0.4) is 0 Å². The zero-order chi connectivity index (χ0) is 13.9. The molecule has 0 spiro atoms. The van der Waals surface area contributed by atoms with E-state index in [0.717, 1.165) is 4.90 Å². The van der Waals surface area contributed by atoms with E-state index in [2.05, 4.69) is 5.32 Å². The van der Waals surface area contributed by atoms with E-state index < -0.39 is 5.54 Å². The lowest BCUT2D eigenvalue weighted by Crippen LogP contribution is -2.45. The number of thioether (sulfide) groups is 1. The number of rotatable bonds is 4. The molecule has 0 fully saturated rings. The Hall–Kier alpha value is -0.420. The Kier molecular flexibility index (Phi) is 5.34. The summed E-state index contributed by atoms with van der Waals surface area (Å²) in [6.45, 7) is 4.05. The van der Waals surface area contributed by atoms with Crippen molar-refractivity contribution in [3.63, 3.8) is 0 Å². The number of amides is 1. The van der Waals surface area contributed by atoms with Gasteiger partial charge in [-0.05, 0) is 32.2 Å². The summed E-state index contributed by atoms with van der Waals surface area (Å²) < 4.78 is 0. The summed E-state index contributed by atoms with van der Waals surface area (Å²) in [5.74, 6) is -0.245. The first kappa shape index (κ1) is 15.6. The number of halogens is 2. The summed E-state index contributed by atoms with van der Waals surface area (Å²) >= 11 is 13.5. The Morgan fingerprint density at radius 2 is 2.00 bits per heavy atom. The van der Waals surface area contributed by atoms with Gasteiger partial charge in [-0.2, -0.15) is 0 Å². The summed E-state index contributed by atoms with van der Waals surface area (Å²) in [6, 6.07) is 3.27. The molecule has 0 aliphatic rings. The normalized spacial score (nSPS) is 11.4. The van der Waals surface area contributed by atoms with Crippen molar-refractivity contribution < 1.29 is 4.79 Å². The van der Waals surface area contributed by atoms with Crippen LogP contribution in [-0.4, -0.2) is 24.2 Å². The van der Waals surface area contributed by atoms with Gasteiger partial charge in [0.25, 0.3) is 5.91 Å². The van der Waals surface area contributed by atoms with Gasteiger partial charge in [0.2, 0.25) is 0 Å². The second kappa shape index (κ2) is 6.15. The highest BCUT2D eigenvalue weighted by Gasteiger charge is 2.17. The third-order valence-corrected chi connectivity index (χ3v) is 3.71. The molecule has 0 saturated carbocycles. The number of carbonyl (C=O) groups is 1. The quantitative estimate of drug-likeness (QED) is 0.840. The predicted octanol–water partition coefficient (Wildman–Crippen LogP) is 3.18. The molecule has 0 aliphatic heterocycles. The summed E-state index contributed by atoms with van der Waals surface area (Å²) in [7, 11) is 0. The number of nitrogens with one attached hydrogen (secondary N) is 1. The molecule has 18 heavy (non-hydrogen) atoms. The molecule has 0 heterocycles. The molecule has 1 aromatic carbocycles. The summed E-state index contributed by atoms with van der Waals surface area (Å²) in [6.07, 6.45) is 1.89. The maximum atomic E-state index is 12.0. The average Bonchev–Trinajstić information content (AvgIpc) is 2.25. The van der Waals surface area contributed by atoms with E-state index in [0.29, 0.717) is 22.2 Å². The summed E-state index contributed by atoms with van der Waals surface area (Å²) in [5.41, 5.74) is 5.76. The van der Waals surface area contributed by atoms with Gasteiger partial charge in [0, 0.05) is 17.0 Å². The number of carbonyl (C=O) groups excluding carboxylic acids is 1. The second-order valence-corrected chi connectivity index (χ2v) is 6.30. The SMILES string of the molecule is CSc1cc(C(=O)NCC(C)(C)N)c(Cl)cc1Cl. The average molecular weight is 307 g/mol. The standard InChI is InChI=1S/C12H16Cl2N2OS/c1-12(2,15)6-16-11(17)7-4-10(18-3)9(14)5-8(7)13/h4-5H,6,15H2,1-3H3,(H,16,17). The lowest BCUT2D eigenvalue weighted by molar-refractivity contribution is 0.0946. The molecular weight excluding hydrogens is 291 g/mol. The lowest BCUT2D eigenvalue weighted by atomic mass is 10.1. The van der Waals surface area contributed by atoms with Crippen molar-refractivity contribution in [2.75, 3.05) is 12.8 Å². The zero-order valence-corrected chi connectivity index (χ0v) is 12.8. The van der Waals surface area contributed by atoms with Crippen molar-refractivity contribution in [3.05, 3.63) is 27.7 Å². The van der Waals surface area contributed by atoms with E-state index in [4.69, 9.17) is 28.9 Å². The van der Waals surface area contributed by atoms with Gasteiger partial charge in [-0.1, -0.05) is 23.2 Å². The molecule has 0 saturated heterocycles. The minimum Gasteiger partial charge on any atom is -0.350 e. The van der Waals surface area contributed by atoms with Crippen LogP contribution in [0.25, 0.3) is 0 Å². The maximum absolute atomic E-state index is 12.0. The topological polar surface area (TPSA) is 55.1 Å². The van der Waals surface area contributed by atoms with Gasteiger partial charge in [0.05, 0.1) is 15.6 Å². The van der Waals surface area contributed by atoms with Gasteiger partial charge < -0.3 is 11.1 Å². The van der Waals surface area contributed by atoms with Crippen molar-refractivity contribution in [1.29, 1.82) is 0 Å². The molecule has 0 unspecified atom stereocenters. The maximum Gasteiger partial charge on any atom is 0.252 e. The highest BCUT2D eigenvalue weighted by atomic mass is 35.5. The third kappa shape index (κ3) is 4.35. The summed E-state index contributed by atoms with van der Waals surface area (Å²) in [4.78, 5) is 12.8. The Bertz CT molecular complexity index is 458. The Balaban J connectivity index is 2.92. The van der Waals surface area contributed by atoms with Crippen LogP contribution in [0.4, 0.5) is 0 Å². The van der Waals surface area contributed by atoms with E-state index in [1.807, 2.05) is 20.1 Å². The van der Waals surface area contributed by atoms with Gasteiger partial charge in [-0.15, -0.1) is 11.8 Å². The van der Waals surface area contributed by atoms with E-state index in [1.165, 1.54) is 11.8 Å². The van der Waals surface area contributed by atoms with Crippen LogP contribution in [0.1, 0.15) is 24.2 Å². The highest BCUT2D eigenvalue weighted by Crippen LogP contribution is 2.31. The van der Waals surface area contributed by atoms with E-state index >= 15 is 0 Å². The molecule has 0 atom stereocenters. The first-order valence-electron chi connectivity index (χ1n) is 5.34. The largest absolute Gasteiger partial charge is 0.350 e. The molecule has 1 amide bonds. The molecule has 3 N–H and O–H groups in total. The molecule has 3 nitrogen and oxygen atoms in total. The van der Waals surface area contributed by atoms with Gasteiger partial charge in [0.15, 0.2) is 0 Å². The summed E-state index contributed by atoms with van der Waals surface area (Å²) in [5, 5.41) is 3.63. The Labute approximate surface area is 121 Å². The van der Waals surface area contributed by atoms with Crippen molar-refractivity contribution in [3.8, 4) is 0 Å². The van der Waals surface area contributed by atoms with E-state index in [1.54, 1.807) is 12.1 Å². The van der Waals surface area contributed by atoms with Crippen molar-refractivity contribution in [2.45, 2.75) is 24.3 Å². The Morgan fingerprint density at radius 3 is 2.50 bits per heavy atom. The molecule has 6 heteroatoms. The smallest absolute Gasteiger partial charge is 0.252 e. The van der Waals surface area contributed by atoms with Gasteiger partial charge >= 0.3 is 0 Å². The number of hydrogen-bond donors (Lipinski definition) is 2. The lowest BCUT2D eigenvalue weighted by Gasteiger charge is -2.19. The predicted molar refractivity (Wildman–Crippen MR) is 78.8 cm³/mol. The fraction of sp³-hybridized carbons (Fsp3) is 0.417. The molecule has 0 aromatic heterocycles. The number of benzene rings is 1. The minimum atomic E-state index is -0.461. The molecule has 1 rings (SSSR count). The van der Waals surface area contributed by atoms with Crippen LogP contribution in [0.15, 0.2) is 17.0 Å². The highest BCUT2D eigenvalue weighted by molar-refractivity contribution is 7.98. The van der Waals surface area contributed by atoms with E-state index in [9.17, 15) is 4.79 Å². The minimum absolute atomic E-state index is 0.245. The molecule has 0 radical (unpaired) electrons. The molecule has 0 bridgehead atoms. The van der Waals surface area contributed by atoms with Crippen molar-refractivity contribution in [2.24, 2.45) is 5.73 Å². The molecule has 0 aliphatic carbocycles. The Morgan fingerprint density at radius 1 is 1.39 bits per heavy atom. The monoisotopic (exact) mass is 306 g/mol. The van der Waals surface area contributed by atoms with Crippen LogP contribution in [0.5, 0.6) is 0 Å². The first-order valence-corrected chi connectivity index (χ1v) is 7.33. The molecule has 100 valence electrons. The van der Waals surface area contributed by atoms with Gasteiger partial charge in [-0.25, -0.2) is 0 Å². The van der Waals surface area contributed by atoms with Crippen LogP contribution in [-0.2, 0) is 0 Å². The first-order chi connectivity index (χ1) is 8.24.